The fraction of sp³-hybridized carbons (Fsp3) is 0.300. The van der Waals surface area contributed by atoms with Gasteiger partial charge >= 0.3 is 0 Å². The fourth-order valence-electron chi connectivity index (χ4n) is 3.07. The van der Waals surface area contributed by atoms with Crippen LogP contribution in [0.4, 0.5) is 11.4 Å². The Kier molecular flexibility index (Phi) is 5.49. The van der Waals surface area contributed by atoms with Crippen LogP contribution >= 0.6 is 0 Å². The van der Waals surface area contributed by atoms with Gasteiger partial charge in [0.25, 0.3) is 0 Å². The number of nitrogens with zero attached hydrogens (tertiary/aromatic N) is 1. The summed E-state index contributed by atoms with van der Waals surface area (Å²) in [7, 11) is 4.66. The lowest BCUT2D eigenvalue weighted by molar-refractivity contribution is -0.122. The first-order valence-electron chi connectivity index (χ1n) is 8.53. The highest BCUT2D eigenvalue weighted by molar-refractivity contribution is 6.04. The molecule has 2 aromatic carbocycles. The Morgan fingerprint density at radius 3 is 2.48 bits per heavy atom. The summed E-state index contributed by atoms with van der Waals surface area (Å²) in [6.45, 7) is 0.276. The molecule has 1 fully saturated rings. The molecule has 1 aliphatic heterocycles. The molecule has 2 amide bonds. The molecule has 1 aliphatic rings. The van der Waals surface area contributed by atoms with Crippen LogP contribution in [-0.2, 0) is 9.59 Å². The molecule has 3 rings (SSSR count). The van der Waals surface area contributed by atoms with Gasteiger partial charge in [-0.05, 0) is 24.3 Å². The third-order valence-corrected chi connectivity index (χ3v) is 4.51. The quantitative estimate of drug-likeness (QED) is 0.846. The molecule has 0 saturated carbocycles. The first kappa shape index (κ1) is 18.6. The first-order chi connectivity index (χ1) is 13.0. The molecule has 7 nitrogen and oxygen atoms in total. The zero-order valence-electron chi connectivity index (χ0n) is 15.5. The van der Waals surface area contributed by atoms with Crippen molar-refractivity contribution in [2.24, 2.45) is 5.92 Å². The van der Waals surface area contributed by atoms with Gasteiger partial charge in [-0.3, -0.25) is 9.59 Å². The Morgan fingerprint density at radius 2 is 1.78 bits per heavy atom. The lowest BCUT2D eigenvalue weighted by Gasteiger charge is -2.20. The van der Waals surface area contributed by atoms with Crippen LogP contribution in [0.5, 0.6) is 17.2 Å². The molecule has 0 unspecified atom stereocenters. The molecule has 0 spiro atoms. The van der Waals surface area contributed by atoms with Gasteiger partial charge < -0.3 is 24.4 Å². The Labute approximate surface area is 157 Å². The topological polar surface area (TPSA) is 77.1 Å². The monoisotopic (exact) mass is 370 g/mol. The van der Waals surface area contributed by atoms with Crippen LogP contribution < -0.4 is 24.4 Å². The minimum absolute atomic E-state index is 0.132. The van der Waals surface area contributed by atoms with E-state index in [1.165, 1.54) is 0 Å². The van der Waals surface area contributed by atoms with Crippen molar-refractivity contribution in [1.82, 2.24) is 0 Å². The minimum atomic E-state index is -0.459. The van der Waals surface area contributed by atoms with Crippen molar-refractivity contribution in [3.8, 4) is 17.2 Å². The molecule has 7 heteroatoms. The molecule has 0 aromatic heterocycles. The molecule has 27 heavy (non-hydrogen) atoms. The molecule has 1 atom stereocenters. The van der Waals surface area contributed by atoms with Crippen molar-refractivity contribution in [3.05, 3.63) is 42.5 Å². The van der Waals surface area contributed by atoms with Crippen molar-refractivity contribution in [2.45, 2.75) is 6.42 Å². The van der Waals surface area contributed by atoms with E-state index < -0.39 is 5.92 Å². The maximum absolute atomic E-state index is 12.6. The van der Waals surface area contributed by atoms with Crippen molar-refractivity contribution in [2.75, 3.05) is 38.1 Å². The molecule has 1 saturated heterocycles. The molecule has 0 bridgehead atoms. The predicted octanol–water partition coefficient (Wildman–Crippen LogP) is 2.70. The lowest BCUT2D eigenvalue weighted by Crippen LogP contribution is -2.28. The van der Waals surface area contributed by atoms with Crippen molar-refractivity contribution in [1.29, 1.82) is 0 Å². The van der Waals surface area contributed by atoms with Gasteiger partial charge in [0.2, 0.25) is 11.8 Å². The highest BCUT2D eigenvalue weighted by atomic mass is 16.5. The van der Waals surface area contributed by atoms with Crippen molar-refractivity contribution in [3.63, 3.8) is 0 Å². The van der Waals surface area contributed by atoms with E-state index >= 15 is 0 Å². The van der Waals surface area contributed by atoms with E-state index in [2.05, 4.69) is 5.32 Å². The average Bonchev–Trinajstić information content (AvgIpc) is 3.09. The highest BCUT2D eigenvalue weighted by Crippen LogP contribution is 2.36. The smallest absolute Gasteiger partial charge is 0.229 e. The normalized spacial score (nSPS) is 16.2. The maximum Gasteiger partial charge on any atom is 0.229 e. The minimum Gasteiger partial charge on any atom is -0.497 e. The number of hydrogen-bond donors (Lipinski definition) is 1. The van der Waals surface area contributed by atoms with Gasteiger partial charge in [-0.1, -0.05) is 6.07 Å². The Balaban J connectivity index is 1.76. The summed E-state index contributed by atoms with van der Waals surface area (Å²) in [5, 5.41) is 2.85. The van der Waals surface area contributed by atoms with Gasteiger partial charge in [0.1, 0.15) is 17.2 Å². The van der Waals surface area contributed by atoms with E-state index in [4.69, 9.17) is 14.2 Å². The number of carbonyl (C=O) groups excluding carboxylic acids is 2. The molecule has 142 valence electrons. The Hall–Kier alpha value is -3.22. The second-order valence-electron chi connectivity index (χ2n) is 6.16. The largest absolute Gasteiger partial charge is 0.497 e. The van der Waals surface area contributed by atoms with Gasteiger partial charge in [0.15, 0.2) is 0 Å². The van der Waals surface area contributed by atoms with E-state index in [1.807, 2.05) is 0 Å². The number of hydrogen-bond acceptors (Lipinski definition) is 5. The SMILES string of the molecule is COc1cccc(NC(=O)[C@H]2CC(=O)N(c3cc(OC)ccc3OC)C2)c1. The summed E-state index contributed by atoms with van der Waals surface area (Å²) in [6, 6.07) is 12.3. The number of ether oxygens (including phenoxy) is 3. The molecular weight excluding hydrogens is 348 g/mol. The summed E-state index contributed by atoms with van der Waals surface area (Å²) < 4.78 is 15.8. The first-order valence-corrected chi connectivity index (χ1v) is 8.53. The van der Waals surface area contributed by atoms with E-state index in [1.54, 1.807) is 68.7 Å². The van der Waals surface area contributed by atoms with Crippen LogP contribution in [-0.4, -0.2) is 39.7 Å². The highest BCUT2D eigenvalue weighted by Gasteiger charge is 2.36. The molecule has 2 aromatic rings. The standard InChI is InChI=1S/C20H22N2O5/c1-25-15-6-4-5-14(10-15)21-20(24)13-9-19(23)22(12-13)17-11-16(26-2)7-8-18(17)27-3/h4-8,10-11,13H,9,12H2,1-3H3,(H,21,24)/t13-/m0/s1. The number of carbonyl (C=O) groups is 2. The molecule has 1 heterocycles. The fourth-order valence-corrected chi connectivity index (χ4v) is 3.07. The maximum atomic E-state index is 12.6. The summed E-state index contributed by atoms with van der Waals surface area (Å²) in [4.78, 5) is 26.7. The number of amides is 2. The third-order valence-electron chi connectivity index (χ3n) is 4.51. The third kappa shape index (κ3) is 3.97. The van der Waals surface area contributed by atoms with Crippen molar-refractivity contribution < 1.29 is 23.8 Å². The second kappa shape index (κ2) is 7.99. The number of anilines is 2. The van der Waals surface area contributed by atoms with Crippen LogP contribution in [0.25, 0.3) is 0 Å². The second-order valence-corrected chi connectivity index (χ2v) is 6.16. The number of benzene rings is 2. The van der Waals surface area contributed by atoms with Gasteiger partial charge in [-0.2, -0.15) is 0 Å². The lowest BCUT2D eigenvalue weighted by atomic mass is 10.1. The van der Waals surface area contributed by atoms with E-state index in [-0.39, 0.29) is 24.8 Å². The van der Waals surface area contributed by atoms with Gasteiger partial charge in [0, 0.05) is 30.8 Å². The van der Waals surface area contributed by atoms with E-state index in [0.717, 1.165) is 0 Å². The summed E-state index contributed by atoms with van der Waals surface area (Å²) in [6.07, 6.45) is 0.135. The zero-order valence-corrected chi connectivity index (χ0v) is 15.5. The number of methoxy groups -OCH3 is 3. The van der Waals surface area contributed by atoms with Gasteiger partial charge in [0.05, 0.1) is 32.9 Å². The van der Waals surface area contributed by atoms with Gasteiger partial charge in [-0.15, -0.1) is 0 Å². The van der Waals surface area contributed by atoms with Crippen molar-refractivity contribution >= 4 is 23.2 Å². The van der Waals surface area contributed by atoms with E-state index in [0.29, 0.717) is 28.6 Å². The average molecular weight is 370 g/mol. The van der Waals surface area contributed by atoms with Gasteiger partial charge in [-0.25, -0.2) is 0 Å². The summed E-state index contributed by atoms with van der Waals surface area (Å²) in [5.41, 5.74) is 1.22. The summed E-state index contributed by atoms with van der Waals surface area (Å²) in [5.74, 6) is 1.02. The van der Waals surface area contributed by atoms with Crippen LogP contribution in [0.15, 0.2) is 42.5 Å². The predicted molar refractivity (Wildman–Crippen MR) is 102 cm³/mol. The zero-order chi connectivity index (χ0) is 19.4. The number of nitrogens with one attached hydrogen (secondary N) is 1. The summed E-state index contributed by atoms with van der Waals surface area (Å²) >= 11 is 0. The Bertz CT molecular complexity index is 852. The molecular formula is C20H22N2O5. The number of rotatable bonds is 6. The molecule has 0 radical (unpaired) electrons. The van der Waals surface area contributed by atoms with E-state index in [9.17, 15) is 9.59 Å². The molecule has 0 aliphatic carbocycles. The molecule has 1 N–H and O–H groups in total. The van der Waals surface area contributed by atoms with Crippen LogP contribution in [0.2, 0.25) is 0 Å². The van der Waals surface area contributed by atoms with Crippen LogP contribution in [0.1, 0.15) is 6.42 Å². The Morgan fingerprint density at radius 1 is 1.04 bits per heavy atom. The van der Waals surface area contributed by atoms with Crippen LogP contribution in [0.3, 0.4) is 0 Å². The van der Waals surface area contributed by atoms with Crippen LogP contribution in [0, 0.1) is 5.92 Å².